The van der Waals surface area contributed by atoms with Gasteiger partial charge >= 0.3 is 0 Å². The number of carbonyl (C=O) groups is 1. The smallest absolute Gasteiger partial charge is 0.276 e. The molecule has 3 aromatic rings. The van der Waals surface area contributed by atoms with Crippen LogP contribution in [0.25, 0.3) is 16.0 Å². The quantitative estimate of drug-likeness (QED) is 0.308. The molecule has 0 saturated carbocycles. The molecule has 206 valence electrons. The molecule has 0 bridgehead atoms. The number of thiophene rings is 1. The predicted octanol–water partition coefficient (Wildman–Crippen LogP) is 7.10. The fourth-order valence-electron chi connectivity index (χ4n) is 4.49. The number of hydrogen-bond acceptors (Lipinski definition) is 5. The van der Waals surface area contributed by atoms with Crippen LogP contribution >= 0.6 is 22.9 Å². The highest BCUT2D eigenvalue weighted by molar-refractivity contribution is 7.16. The molecule has 10 heteroatoms. The van der Waals surface area contributed by atoms with Crippen LogP contribution in [-0.2, 0) is 5.92 Å². The molecule has 1 fully saturated rings. The van der Waals surface area contributed by atoms with Crippen molar-refractivity contribution < 1.29 is 18.7 Å². The van der Waals surface area contributed by atoms with Crippen molar-refractivity contribution in [2.75, 3.05) is 13.1 Å². The number of allylic oxidation sites excluding steroid dienone is 4. The molecule has 6 nitrogen and oxygen atoms in total. The van der Waals surface area contributed by atoms with Crippen LogP contribution < -0.4 is 11.1 Å². The lowest BCUT2D eigenvalue weighted by molar-refractivity contribution is -0.0752. The van der Waals surface area contributed by atoms with E-state index in [-0.39, 0.29) is 16.2 Å². The Morgan fingerprint density at radius 1 is 1.29 bits per heavy atom. The number of benzene rings is 1. The number of primary amides is 1. The fraction of sp³-hybridized carbons (Fsp3) is 0.429. The van der Waals surface area contributed by atoms with Gasteiger partial charge in [0.1, 0.15) is 22.0 Å². The molecule has 1 aliphatic carbocycles. The summed E-state index contributed by atoms with van der Waals surface area (Å²) in [5, 5.41) is 14.5. The first-order chi connectivity index (χ1) is 18.2. The molecular formula is C28H35ClF2N4O2S. The number of nitrogens with zero attached hydrogens (tertiary/aromatic N) is 2. The summed E-state index contributed by atoms with van der Waals surface area (Å²) in [4.78, 5) is 15.6. The van der Waals surface area contributed by atoms with E-state index in [2.05, 4.69) is 23.3 Å². The molecule has 1 unspecified atom stereocenters. The van der Waals surface area contributed by atoms with Gasteiger partial charge in [-0.1, -0.05) is 50.6 Å². The molecular weight excluding hydrogens is 530 g/mol. The summed E-state index contributed by atoms with van der Waals surface area (Å²) in [6.07, 6.45) is 10.8. The van der Waals surface area contributed by atoms with E-state index < -0.39 is 17.7 Å². The summed E-state index contributed by atoms with van der Waals surface area (Å²) in [6.45, 7) is 7.34. The van der Waals surface area contributed by atoms with Crippen molar-refractivity contribution in [2.45, 2.75) is 52.4 Å². The Morgan fingerprint density at radius 3 is 2.58 bits per heavy atom. The van der Waals surface area contributed by atoms with Crippen LogP contribution in [0, 0.1) is 11.8 Å². The van der Waals surface area contributed by atoms with Crippen molar-refractivity contribution in [2.24, 2.45) is 17.6 Å². The molecule has 1 saturated heterocycles. The zero-order valence-corrected chi connectivity index (χ0v) is 23.5. The van der Waals surface area contributed by atoms with Gasteiger partial charge in [-0.25, -0.2) is 13.8 Å². The maximum absolute atomic E-state index is 15.0. The van der Waals surface area contributed by atoms with Crippen molar-refractivity contribution in [1.82, 2.24) is 14.9 Å². The minimum absolute atomic E-state index is 0.0167. The lowest BCUT2D eigenvalue weighted by atomic mass is 9.87. The van der Waals surface area contributed by atoms with Gasteiger partial charge in [-0.3, -0.25) is 9.36 Å². The Bertz CT molecular complexity index is 1300. The summed E-state index contributed by atoms with van der Waals surface area (Å²) in [6, 6.07) is 5.80. The summed E-state index contributed by atoms with van der Waals surface area (Å²) < 4.78 is 31.6. The Labute approximate surface area is 231 Å². The number of halogens is 3. The second-order valence-corrected chi connectivity index (χ2v) is 10.4. The van der Waals surface area contributed by atoms with Crippen LogP contribution in [0.15, 0.2) is 53.9 Å². The standard InChI is InChI=1S/C18H18F2N4O2S.C8H11Cl.C2H6/c19-18(20,10-3-5-22-6-4-10)11-1-2-12-13(7-11)24(9-23-12)15-8-14(25)16(27-15)17(21)26;1-2-7-5-3-4-6-8(7)9;1-2/h1-2,7-10,22,25H,3-6H2,(H2,21,26);3-4,6-7H,2,5H2,1H3;1-2H3. The van der Waals surface area contributed by atoms with Crippen LogP contribution in [0.4, 0.5) is 8.78 Å². The Kier molecular flexibility index (Phi) is 10.5. The zero-order valence-electron chi connectivity index (χ0n) is 21.9. The third-order valence-electron chi connectivity index (χ3n) is 6.64. The first-order valence-corrected chi connectivity index (χ1v) is 14.1. The zero-order chi connectivity index (χ0) is 27.9. The van der Waals surface area contributed by atoms with E-state index in [1.165, 1.54) is 24.5 Å². The SMILES string of the molecule is CC.CCC1CC=CC=C1Cl.NC(=O)c1sc(-n2cnc3ccc(C(F)(F)C4CCNCC4)cc32)cc1O. The Morgan fingerprint density at radius 2 is 2.00 bits per heavy atom. The number of alkyl halides is 2. The van der Waals surface area contributed by atoms with E-state index in [9.17, 15) is 9.90 Å². The number of aromatic nitrogens is 2. The predicted molar refractivity (Wildman–Crippen MR) is 151 cm³/mol. The lowest BCUT2D eigenvalue weighted by Gasteiger charge is -2.30. The topological polar surface area (TPSA) is 93.2 Å². The van der Waals surface area contributed by atoms with Gasteiger partial charge in [0.2, 0.25) is 0 Å². The summed E-state index contributed by atoms with van der Waals surface area (Å²) in [5.74, 6) is -4.04. The summed E-state index contributed by atoms with van der Waals surface area (Å²) in [5.41, 5.74) is 6.22. The third kappa shape index (κ3) is 6.62. The molecule has 3 heterocycles. The number of aromatic hydroxyl groups is 1. The number of imidazole rings is 1. The molecule has 2 aromatic heterocycles. The van der Waals surface area contributed by atoms with Gasteiger partial charge in [0, 0.05) is 22.6 Å². The first kappa shape index (κ1) is 29.8. The highest BCUT2D eigenvalue weighted by Crippen LogP contribution is 2.42. The molecule has 1 atom stereocenters. The molecule has 1 aromatic carbocycles. The first-order valence-electron chi connectivity index (χ1n) is 12.9. The lowest BCUT2D eigenvalue weighted by Crippen LogP contribution is -2.36. The number of amides is 1. The maximum Gasteiger partial charge on any atom is 0.276 e. The van der Waals surface area contributed by atoms with E-state index in [4.69, 9.17) is 17.3 Å². The minimum Gasteiger partial charge on any atom is -0.506 e. The van der Waals surface area contributed by atoms with Crippen LogP contribution in [0.2, 0.25) is 0 Å². The minimum atomic E-state index is -2.94. The van der Waals surface area contributed by atoms with Gasteiger partial charge in [-0.15, -0.1) is 11.3 Å². The number of nitrogens with one attached hydrogen (secondary N) is 1. The third-order valence-corrected chi connectivity index (χ3v) is 8.21. The Balaban J connectivity index is 0.000000307. The second-order valence-electron chi connectivity index (χ2n) is 8.95. The van der Waals surface area contributed by atoms with Gasteiger partial charge in [0.25, 0.3) is 11.8 Å². The maximum atomic E-state index is 15.0. The van der Waals surface area contributed by atoms with E-state index >= 15 is 8.78 Å². The van der Waals surface area contributed by atoms with Crippen molar-refractivity contribution in [1.29, 1.82) is 0 Å². The van der Waals surface area contributed by atoms with E-state index in [1.54, 1.807) is 10.6 Å². The summed E-state index contributed by atoms with van der Waals surface area (Å²) in [7, 11) is 0. The molecule has 4 N–H and O–H groups in total. The van der Waals surface area contributed by atoms with Crippen molar-refractivity contribution in [3.05, 3.63) is 64.3 Å². The second kappa shape index (κ2) is 13.4. The molecule has 2 aliphatic rings. The molecule has 1 aliphatic heterocycles. The van der Waals surface area contributed by atoms with Gasteiger partial charge in [-0.2, -0.15) is 0 Å². The van der Waals surface area contributed by atoms with Crippen molar-refractivity contribution >= 4 is 39.9 Å². The van der Waals surface area contributed by atoms with Gasteiger partial charge in [0.05, 0.1) is 11.0 Å². The van der Waals surface area contributed by atoms with E-state index in [1.807, 2.05) is 26.0 Å². The number of hydrogen-bond donors (Lipinski definition) is 3. The average molecular weight is 565 g/mol. The largest absolute Gasteiger partial charge is 0.506 e. The van der Waals surface area contributed by atoms with E-state index in [0.717, 1.165) is 29.2 Å². The normalized spacial score (nSPS) is 17.7. The van der Waals surface area contributed by atoms with Crippen LogP contribution in [0.3, 0.4) is 0 Å². The summed E-state index contributed by atoms with van der Waals surface area (Å²) >= 11 is 6.88. The molecule has 5 rings (SSSR count). The number of nitrogens with two attached hydrogens (primary N) is 1. The van der Waals surface area contributed by atoms with Gasteiger partial charge in [0.15, 0.2) is 0 Å². The highest BCUT2D eigenvalue weighted by atomic mass is 35.5. The van der Waals surface area contributed by atoms with Crippen molar-refractivity contribution in [3.63, 3.8) is 0 Å². The van der Waals surface area contributed by atoms with E-state index in [0.29, 0.717) is 47.9 Å². The number of fused-ring (bicyclic) bond motifs is 1. The van der Waals surface area contributed by atoms with Crippen LogP contribution in [-0.4, -0.2) is 33.7 Å². The molecule has 38 heavy (non-hydrogen) atoms. The molecule has 1 amide bonds. The van der Waals surface area contributed by atoms with Gasteiger partial charge < -0.3 is 16.2 Å². The average Bonchev–Trinajstić information content (AvgIpc) is 3.54. The Hall–Kier alpha value is -2.75. The van der Waals surface area contributed by atoms with Gasteiger partial charge in [-0.05, 0) is 62.9 Å². The monoisotopic (exact) mass is 564 g/mol. The van der Waals surface area contributed by atoms with Crippen LogP contribution in [0.1, 0.15) is 61.7 Å². The molecule has 0 spiro atoms. The van der Waals surface area contributed by atoms with Crippen LogP contribution in [0.5, 0.6) is 5.75 Å². The highest BCUT2D eigenvalue weighted by Gasteiger charge is 2.41. The number of piperidine rings is 1. The van der Waals surface area contributed by atoms with Crippen molar-refractivity contribution in [3.8, 4) is 10.8 Å². The number of rotatable bonds is 5. The fourth-order valence-corrected chi connectivity index (χ4v) is 5.69. The molecule has 0 radical (unpaired) electrons. The number of carbonyl (C=O) groups excluding carboxylic acids is 1.